The lowest BCUT2D eigenvalue weighted by molar-refractivity contribution is 0.475. The molecule has 1 aromatic carbocycles. The Labute approximate surface area is 97.1 Å². The molecule has 0 saturated carbocycles. The number of phenolic OH excluding ortho intramolecular Hbond substituents is 1. The van der Waals surface area contributed by atoms with Crippen LogP contribution in [0.4, 0.5) is 5.95 Å². The third-order valence-corrected chi connectivity index (χ3v) is 2.56. The summed E-state index contributed by atoms with van der Waals surface area (Å²) < 4.78 is 1.64. The van der Waals surface area contributed by atoms with Crippen LogP contribution >= 0.6 is 0 Å². The van der Waals surface area contributed by atoms with Gasteiger partial charge in [-0.1, -0.05) is 12.1 Å². The number of fused-ring (bicyclic) bond motifs is 1. The highest BCUT2D eigenvalue weighted by Crippen LogP contribution is 2.25. The maximum absolute atomic E-state index is 9.27. The van der Waals surface area contributed by atoms with E-state index in [4.69, 9.17) is 5.73 Å². The summed E-state index contributed by atoms with van der Waals surface area (Å²) in [6.07, 6.45) is 1.79. The van der Waals surface area contributed by atoms with Crippen LogP contribution in [-0.4, -0.2) is 19.7 Å². The van der Waals surface area contributed by atoms with Gasteiger partial charge in [0, 0.05) is 11.8 Å². The van der Waals surface area contributed by atoms with Crippen LogP contribution in [0.5, 0.6) is 5.75 Å². The minimum atomic E-state index is 0.238. The van der Waals surface area contributed by atoms with E-state index < -0.39 is 0 Å². The van der Waals surface area contributed by atoms with Crippen molar-refractivity contribution in [1.29, 1.82) is 0 Å². The fraction of sp³-hybridized carbons (Fsp3) is 0. The first kappa shape index (κ1) is 9.65. The zero-order valence-electron chi connectivity index (χ0n) is 8.91. The van der Waals surface area contributed by atoms with Crippen LogP contribution in [0.2, 0.25) is 0 Å². The van der Waals surface area contributed by atoms with Crippen LogP contribution in [0, 0.1) is 0 Å². The molecule has 3 aromatic rings. The van der Waals surface area contributed by atoms with Gasteiger partial charge >= 0.3 is 0 Å². The molecule has 5 nitrogen and oxygen atoms in total. The molecule has 0 aliphatic carbocycles. The lowest BCUT2D eigenvalue weighted by atomic mass is 10.1. The van der Waals surface area contributed by atoms with E-state index in [1.165, 1.54) is 0 Å². The third kappa shape index (κ3) is 1.57. The molecule has 3 N–H and O–H groups in total. The Kier molecular flexibility index (Phi) is 1.98. The van der Waals surface area contributed by atoms with E-state index in [0.29, 0.717) is 5.65 Å². The molecule has 0 atom stereocenters. The van der Waals surface area contributed by atoms with E-state index in [2.05, 4.69) is 10.1 Å². The standard InChI is InChI=1S/C12H10N4O/c13-12-14-11-10(2-1-7-16(11)15-12)8-3-5-9(17)6-4-8/h1-7,17H,(H2,13,15). The van der Waals surface area contributed by atoms with Gasteiger partial charge in [-0.3, -0.25) is 0 Å². The topological polar surface area (TPSA) is 76.4 Å². The first-order chi connectivity index (χ1) is 8.24. The highest BCUT2D eigenvalue weighted by molar-refractivity contribution is 5.77. The molecule has 0 aliphatic heterocycles. The van der Waals surface area contributed by atoms with Crippen LogP contribution < -0.4 is 5.73 Å². The van der Waals surface area contributed by atoms with Gasteiger partial charge < -0.3 is 10.8 Å². The molecule has 0 radical (unpaired) electrons. The van der Waals surface area contributed by atoms with E-state index >= 15 is 0 Å². The van der Waals surface area contributed by atoms with Gasteiger partial charge in [0.1, 0.15) is 5.75 Å². The number of benzene rings is 1. The number of phenols is 1. The quantitative estimate of drug-likeness (QED) is 0.662. The average molecular weight is 226 g/mol. The molecule has 3 rings (SSSR count). The van der Waals surface area contributed by atoms with Gasteiger partial charge in [0.25, 0.3) is 0 Å². The summed E-state index contributed by atoms with van der Waals surface area (Å²) in [5.41, 5.74) is 8.17. The number of hydrogen-bond acceptors (Lipinski definition) is 4. The molecule has 2 aromatic heterocycles. The second kappa shape index (κ2) is 3.48. The molecule has 0 fully saturated rings. The molecule has 0 aliphatic rings. The summed E-state index contributed by atoms with van der Waals surface area (Å²) in [5.74, 6) is 0.484. The maximum Gasteiger partial charge on any atom is 0.240 e. The van der Waals surface area contributed by atoms with Crippen molar-refractivity contribution in [3.05, 3.63) is 42.6 Å². The zero-order valence-corrected chi connectivity index (χ0v) is 8.91. The monoisotopic (exact) mass is 226 g/mol. The van der Waals surface area contributed by atoms with E-state index in [1.807, 2.05) is 24.3 Å². The first-order valence-corrected chi connectivity index (χ1v) is 5.14. The van der Waals surface area contributed by atoms with E-state index in [-0.39, 0.29) is 11.7 Å². The Morgan fingerprint density at radius 1 is 1.12 bits per heavy atom. The van der Waals surface area contributed by atoms with Gasteiger partial charge in [-0.05, 0) is 29.8 Å². The number of hydrogen-bond donors (Lipinski definition) is 2. The number of nitrogen functional groups attached to an aromatic ring is 1. The molecule has 0 spiro atoms. The second-order valence-corrected chi connectivity index (χ2v) is 3.71. The SMILES string of the molecule is Nc1nc2c(-c3ccc(O)cc3)cccn2n1. The number of rotatable bonds is 1. The number of anilines is 1. The molecule has 5 heteroatoms. The van der Waals surface area contributed by atoms with Crippen LogP contribution in [0.3, 0.4) is 0 Å². The highest BCUT2D eigenvalue weighted by atomic mass is 16.3. The molecule has 17 heavy (non-hydrogen) atoms. The molecule has 84 valence electrons. The van der Waals surface area contributed by atoms with Crippen LogP contribution in [0.15, 0.2) is 42.6 Å². The lowest BCUT2D eigenvalue weighted by Gasteiger charge is -2.02. The molecule has 0 unspecified atom stereocenters. The minimum Gasteiger partial charge on any atom is -0.508 e. The minimum absolute atomic E-state index is 0.238. The van der Waals surface area contributed by atoms with Crippen molar-refractivity contribution in [2.45, 2.75) is 0 Å². The lowest BCUT2D eigenvalue weighted by Crippen LogP contribution is -1.89. The zero-order chi connectivity index (χ0) is 11.8. The smallest absolute Gasteiger partial charge is 0.240 e. The highest BCUT2D eigenvalue weighted by Gasteiger charge is 2.07. The van der Waals surface area contributed by atoms with Crippen molar-refractivity contribution in [2.24, 2.45) is 0 Å². The van der Waals surface area contributed by atoms with Crippen LogP contribution in [-0.2, 0) is 0 Å². The summed E-state index contributed by atoms with van der Waals surface area (Å²) in [6.45, 7) is 0. The molecule has 0 saturated heterocycles. The Morgan fingerprint density at radius 2 is 1.88 bits per heavy atom. The number of aromatic hydroxyl groups is 1. The maximum atomic E-state index is 9.27. The van der Waals surface area contributed by atoms with Gasteiger partial charge in [-0.15, -0.1) is 5.10 Å². The second-order valence-electron chi connectivity index (χ2n) is 3.71. The fourth-order valence-corrected chi connectivity index (χ4v) is 1.79. The molecule has 0 bridgehead atoms. The van der Waals surface area contributed by atoms with E-state index in [9.17, 15) is 5.11 Å². The average Bonchev–Trinajstić information content (AvgIpc) is 2.70. The molecular formula is C12H10N4O. The number of nitrogens with two attached hydrogens (primary N) is 1. The summed E-state index contributed by atoms with van der Waals surface area (Å²) in [7, 11) is 0. The summed E-state index contributed by atoms with van der Waals surface area (Å²) in [6, 6.07) is 10.8. The largest absolute Gasteiger partial charge is 0.508 e. The number of aromatic nitrogens is 3. The third-order valence-electron chi connectivity index (χ3n) is 2.56. The van der Waals surface area contributed by atoms with Crippen molar-refractivity contribution < 1.29 is 5.11 Å². The summed E-state index contributed by atoms with van der Waals surface area (Å²) >= 11 is 0. The van der Waals surface area contributed by atoms with Crippen LogP contribution in [0.1, 0.15) is 0 Å². The Hall–Kier alpha value is -2.56. The normalized spacial score (nSPS) is 10.8. The van der Waals surface area contributed by atoms with Crippen molar-refractivity contribution in [3.63, 3.8) is 0 Å². The Morgan fingerprint density at radius 3 is 2.65 bits per heavy atom. The van der Waals surface area contributed by atoms with Crippen LogP contribution in [0.25, 0.3) is 16.8 Å². The van der Waals surface area contributed by atoms with Gasteiger partial charge in [0.05, 0.1) is 0 Å². The van der Waals surface area contributed by atoms with Crippen molar-refractivity contribution in [1.82, 2.24) is 14.6 Å². The summed E-state index contributed by atoms with van der Waals surface area (Å²) in [4.78, 5) is 4.18. The van der Waals surface area contributed by atoms with Gasteiger partial charge in [0.2, 0.25) is 5.95 Å². The van der Waals surface area contributed by atoms with Crippen molar-refractivity contribution in [2.75, 3.05) is 5.73 Å². The number of nitrogens with zero attached hydrogens (tertiary/aromatic N) is 3. The Balaban J connectivity index is 2.26. The predicted octanol–water partition coefficient (Wildman–Crippen LogP) is 1.68. The predicted molar refractivity (Wildman–Crippen MR) is 64.5 cm³/mol. The Bertz CT molecular complexity index is 673. The van der Waals surface area contributed by atoms with Gasteiger partial charge in [0.15, 0.2) is 5.65 Å². The van der Waals surface area contributed by atoms with E-state index in [0.717, 1.165) is 11.1 Å². The molecule has 2 heterocycles. The fourth-order valence-electron chi connectivity index (χ4n) is 1.79. The summed E-state index contributed by atoms with van der Waals surface area (Å²) in [5, 5.41) is 13.3. The van der Waals surface area contributed by atoms with Crippen molar-refractivity contribution >= 4 is 11.6 Å². The van der Waals surface area contributed by atoms with E-state index in [1.54, 1.807) is 22.8 Å². The van der Waals surface area contributed by atoms with Gasteiger partial charge in [-0.25, -0.2) is 4.52 Å². The van der Waals surface area contributed by atoms with Gasteiger partial charge in [-0.2, -0.15) is 4.98 Å². The van der Waals surface area contributed by atoms with Crippen molar-refractivity contribution in [3.8, 4) is 16.9 Å². The molecular weight excluding hydrogens is 216 g/mol. The number of pyridine rings is 1. The first-order valence-electron chi connectivity index (χ1n) is 5.14. The molecule has 0 amide bonds.